The lowest BCUT2D eigenvalue weighted by Gasteiger charge is -2.31. The first kappa shape index (κ1) is 7.87. The molecule has 1 unspecified atom stereocenters. The topological polar surface area (TPSA) is 33.4 Å². The molecule has 2 heteroatoms. The molecule has 0 spiro atoms. The molecule has 0 saturated heterocycles. The molecule has 0 amide bonds. The van der Waals surface area contributed by atoms with Crippen molar-refractivity contribution in [2.45, 2.75) is 32.8 Å². The number of aliphatic hydroxyl groups is 1. The summed E-state index contributed by atoms with van der Waals surface area (Å²) in [5, 5.41) is 9.69. The quantitative estimate of drug-likeness (QED) is 0.641. The van der Waals surface area contributed by atoms with E-state index in [1.807, 2.05) is 6.07 Å². The summed E-state index contributed by atoms with van der Waals surface area (Å²) in [4.78, 5) is 0. The molecule has 12 heavy (non-hydrogen) atoms. The SMILES string of the molecule is CC1(C)Cc2ccoc2C(O)C1. The van der Waals surface area contributed by atoms with Crippen LogP contribution in [0.25, 0.3) is 0 Å². The Morgan fingerprint density at radius 1 is 1.58 bits per heavy atom. The maximum Gasteiger partial charge on any atom is 0.135 e. The zero-order valence-corrected chi connectivity index (χ0v) is 7.50. The van der Waals surface area contributed by atoms with Crippen LogP contribution in [0.5, 0.6) is 0 Å². The van der Waals surface area contributed by atoms with Crippen LogP contribution >= 0.6 is 0 Å². The molecule has 1 atom stereocenters. The lowest BCUT2D eigenvalue weighted by Crippen LogP contribution is -2.24. The van der Waals surface area contributed by atoms with Gasteiger partial charge in [0.25, 0.3) is 0 Å². The Hall–Kier alpha value is -0.760. The molecule has 1 N–H and O–H groups in total. The van der Waals surface area contributed by atoms with E-state index in [4.69, 9.17) is 4.42 Å². The summed E-state index contributed by atoms with van der Waals surface area (Å²) in [5.74, 6) is 0.773. The number of fused-ring (bicyclic) bond motifs is 1. The fraction of sp³-hybridized carbons (Fsp3) is 0.600. The minimum absolute atomic E-state index is 0.205. The molecular weight excluding hydrogens is 152 g/mol. The number of aliphatic hydroxyl groups excluding tert-OH is 1. The number of hydrogen-bond donors (Lipinski definition) is 1. The zero-order valence-electron chi connectivity index (χ0n) is 7.50. The average molecular weight is 166 g/mol. The van der Waals surface area contributed by atoms with Crippen LogP contribution in [0.4, 0.5) is 0 Å². The number of rotatable bonds is 0. The van der Waals surface area contributed by atoms with Crippen molar-refractivity contribution in [2.24, 2.45) is 5.41 Å². The molecule has 1 aliphatic rings. The second kappa shape index (κ2) is 2.36. The molecule has 0 bridgehead atoms. The van der Waals surface area contributed by atoms with E-state index in [1.165, 1.54) is 5.56 Å². The van der Waals surface area contributed by atoms with Gasteiger partial charge in [0.2, 0.25) is 0 Å². The van der Waals surface area contributed by atoms with Gasteiger partial charge in [0.1, 0.15) is 11.9 Å². The van der Waals surface area contributed by atoms with Crippen molar-refractivity contribution < 1.29 is 9.52 Å². The summed E-state index contributed by atoms with van der Waals surface area (Å²) in [6, 6.07) is 1.96. The van der Waals surface area contributed by atoms with Crippen LogP contribution in [0.15, 0.2) is 16.7 Å². The smallest absolute Gasteiger partial charge is 0.135 e. The summed E-state index contributed by atoms with van der Waals surface area (Å²) in [6.07, 6.45) is 3.07. The highest BCUT2D eigenvalue weighted by atomic mass is 16.4. The number of furan rings is 1. The van der Waals surface area contributed by atoms with Gasteiger partial charge in [0.15, 0.2) is 0 Å². The summed E-state index contributed by atoms with van der Waals surface area (Å²) in [6.45, 7) is 4.35. The van der Waals surface area contributed by atoms with Crippen molar-refractivity contribution in [2.75, 3.05) is 0 Å². The molecule has 2 rings (SSSR count). The van der Waals surface area contributed by atoms with Crippen molar-refractivity contribution in [1.29, 1.82) is 0 Å². The first-order valence-electron chi connectivity index (χ1n) is 4.33. The van der Waals surface area contributed by atoms with Gasteiger partial charge in [-0.3, -0.25) is 0 Å². The largest absolute Gasteiger partial charge is 0.466 e. The van der Waals surface area contributed by atoms with Crippen LogP contribution in [0.1, 0.15) is 37.7 Å². The van der Waals surface area contributed by atoms with E-state index < -0.39 is 6.10 Å². The molecule has 1 aromatic heterocycles. The zero-order chi connectivity index (χ0) is 8.77. The van der Waals surface area contributed by atoms with Gasteiger partial charge in [-0.15, -0.1) is 0 Å². The van der Waals surface area contributed by atoms with E-state index in [-0.39, 0.29) is 5.41 Å². The van der Waals surface area contributed by atoms with E-state index in [0.717, 1.165) is 18.6 Å². The first-order chi connectivity index (χ1) is 5.58. The Morgan fingerprint density at radius 3 is 3.08 bits per heavy atom. The fourth-order valence-electron chi connectivity index (χ4n) is 1.99. The van der Waals surface area contributed by atoms with Gasteiger partial charge in [-0.1, -0.05) is 13.8 Å². The van der Waals surface area contributed by atoms with Crippen LogP contribution < -0.4 is 0 Å². The van der Waals surface area contributed by atoms with Gasteiger partial charge in [-0.25, -0.2) is 0 Å². The van der Waals surface area contributed by atoms with Crippen LogP contribution in [0.3, 0.4) is 0 Å². The van der Waals surface area contributed by atoms with Crippen LogP contribution in [-0.4, -0.2) is 5.11 Å². The van der Waals surface area contributed by atoms with Crippen LogP contribution in [0, 0.1) is 5.41 Å². The maximum atomic E-state index is 9.69. The van der Waals surface area contributed by atoms with E-state index in [1.54, 1.807) is 6.26 Å². The molecular formula is C10H14O2. The molecule has 0 fully saturated rings. The molecule has 66 valence electrons. The molecule has 2 nitrogen and oxygen atoms in total. The molecule has 1 aromatic rings. The average Bonchev–Trinajstić information content (AvgIpc) is 2.31. The third-order valence-corrected chi connectivity index (χ3v) is 2.50. The Balaban J connectivity index is 2.38. The van der Waals surface area contributed by atoms with Crippen LogP contribution in [0.2, 0.25) is 0 Å². The molecule has 1 heterocycles. The minimum atomic E-state index is -0.404. The highest BCUT2D eigenvalue weighted by Crippen LogP contribution is 2.40. The Bertz CT molecular complexity index is 286. The van der Waals surface area contributed by atoms with Gasteiger partial charge < -0.3 is 9.52 Å². The lowest BCUT2D eigenvalue weighted by molar-refractivity contribution is 0.0785. The predicted octanol–water partition coefficient (Wildman–Crippen LogP) is 2.29. The normalized spacial score (nSPS) is 26.8. The Kier molecular flexibility index (Phi) is 1.55. The Labute approximate surface area is 72.2 Å². The fourth-order valence-corrected chi connectivity index (χ4v) is 1.99. The van der Waals surface area contributed by atoms with Gasteiger partial charge in [0.05, 0.1) is 6.26 Å². The third kappa shape index (κ3) is 1.16. The van der Waals surface area contributed by atoms with E-state index in [2.05, 4.69) is 13.8 Å². The third-order valence-electron chi connectivity index (χ3n) is 2.50. The van der Waals surface area contributed by atoms with E-state index in [9.17, 15) is 5.11 Å². The van der Waals surface area contributed by atoms with Gasteiger partial charge >= 0.3 is 0 Å². The van der Waals surface area contributed by atoms with E-state index in [0.29, 0.717) is 0 Å². The molecule has 0 radical (unpaired) electrons. The van der Waals surface area contributed by atoms with Gasteiger partial charge in [0, 0.05) is 0 Å². The van der Waals surface area contributed by atoms with Crippen LogP contribution in [-0.2, 0) is 6.42 Å². The summed E-state index contributed by atoms with van der Waals surface area (Å²) >= 11 is 0. The maximum absolute atomic E-state index is 9.69. The standard InChI is InChI=1S/C10H14O2/c1-10(2)5-7-3-4-12-9(7)8(11)6-10/h3-4,8,11H,5-6H2,1-2H3. The highest BCUT2D eigenvalue weighted by molar-refractivity contribution is 5.24. The summed E-state index contributed by atoms with van der Waals surface area (Å²) in [7, 11) is 0. The van der Waals surface area contributed by atoms with Crippen molar-refractivity contribution >= 4 is 0 Å². The predicted molar refractivity (Wildman–Crippen MR) is 45.8 cm³/mol. The molecule has 1 aliphatic carbocycles. The van der Waals surface area contributed by atoms with Crippen molar-refractivity contribution in [1.82, 2.24) is 0 Å². The van der Waals surface area contributed by atoms with Crippen molar-refractivity contribution in [3.05, 3.63) is 23.7 Å². The van der Waals surface area contributed by atoms with Crippen molar-refractivity contribution in [3.8, 4) is 0 Å². The second-order valence-electron chi connectivity index (χ2n) is 4.37. The molecule has 0 saturated carbocycles. The van der Waals surface area contributed by atoms with Crippen molar-refractivity contribution in [3.63, 3.8) is 0 Å². The Morgan fingerprint density at radius 2 is 2.33 bits per heavy atom. The summed E-state index contributed by atoms with van der Waals surface area (Å²) < 4.78 is 5.21. The summed E-state index contributed by atoms with van der Waals surface area (Å²) in [5.41, 5.74) is 1.37. The number of hydrogen-bond acceptors (Lipinski definition) is 2. The van der Waals surface area contributed by atoms with E-state index >= 15 is 0 Å². The molecule has 0 aromatic carbocycles. The minimum Gasteiger partial charge on any atom is -0.466 e. The molecule has 0 aliphatic heterocycles. The van der Waals surface area contributed by atoms with Gasteiger partial charge in [-0.05, 0) is 29.9 Å². The first-order valence-corrected chi connectivity index (χ1v) is 4.33. The monoisotopic (exact) mass is 166 g/mol. The van der Waals surface area contributed by atoms with Gasteiger partial charge in [-0.2, -0.15) is 0 Å². The highest BCUT2D eigenvalue weighted by Gasteiger charge is 2.32. The second-order valence-corrected chi connectivity index (χ2v) is 4.37. The lowest BCUT2D eigenvalue weighted by atomic mass is 9.76.